The first kappa shape index (κ1) is 25.2. The van der Waals surface area contributed by atoms with E-state index >= 15 is 0 Å². The molecule has 1 aliphatic rings. The second kappa shape index (κ2) is 8.93. The minimum atomic E-state index is -4.69. The second-order valence-electron chi connectivity index (χ2n) is 7.33. The molecule has 0 aromatic heterocycles. The molecule has 0 aliphatic carbocycles. The van der Waals surface area contributed by atoms with Crippen LogP contribution < -0.4 is 5.01 Å². The highest BCUT2D eigenvalue weighted by Crippen LogP contribution is 2.37. The zero-order valence-corrected chi connectivity index (χ0v) is 20.6. The largest absolute Gasteiger partial charge is 0.297 e. The van der Waals surface area contributed by atoms with Gasteiger partial charge in [0, 0.05) is 5.39 Å². The van der Waals surface area contributed by atoms with Crippen molar-refractivity contribution >= 4 is 77.2 Å². The van der Waals surface area contributed by atoms with E-state index < -0.39 is 47.0 Å². The van der Waals surface area contributed by atoms with Crippen molar-refractivity contribution in [1.29, 1.82) is 0 Å². The van der Waals surface area contributed by atoms with E-state index in [9.17, 15) is 30.7 Å². The summed E-state index contributed by atoms with van der Waals surface area (Å²) in [7, 11) is -9.36. The molecule has 11 nitrogen and oxygen atoms in total. The standard InChI is InChI=1S/C20H14Cl2N4O7S2/c1-10-18(20(27)26(25-10)16-8-14(22)17(9-13(16)21)34(28,29)30)24-23-15-7-6-11-4-2-3-5-12(11)19(15)35(31,32)33/h2-9,18H,1H3,(H,28,29,30)(H,31,32,33)/t18-/m1/s1. The van der Waals surface area contributed by atoms with E-state index in [1.807, 2.05) is 0 Å². The van der Waals surface area contributed by atoms with Crippen LogP contribution >= 0.6 is 23.2 Å². The average Bonchev–Trinajstić information content (AvgIpc) is 3.04. The molecule has 0 unspecified atom stereocenters. The van der Waals surface area contributed by atoms with Crippen molar-refractivity contribution in [2.24, 2.45) is 15.3 Å². The van der Waals surface area contributed by atoms with Crippen LogP contribution in [0, 0.1) is 0 Å². The number of hydrazone groups is 1. The Hall–Kier alpha value is -2.94. The number of amides is 1. The first-order chi connectivity index (χ1) is 16.3. The van der Waals surface area contributed by atoms with Crippen LogP contribution in [0.15, 0.2) is 73.7 Å². The summed E-state index contributed by atoms with van der Waals surface area (Å²) >= 11 is 12.0. The van der Waals surface area contributed by atoms with Crippen LogP contribution in [0.4, 0.5) is 11.4 Å². The molecular formula is C20H14Cl2N4O7S2. The molecule has 0 spiro atoms. The molecule has 2 N–H and O–H groups in total. The van der Waals surface area contributed by atoms with Gasteiger partial charge < -0.3 is 0 Å². The summed E-state index contributed by atoms with van der Waals surface area (Å²) in [4.78, 5) is 11.9. The highest BCUT2D eigenvalue weighted by molar-refractivity contribution is 7.86. The third kappa shape index (κ3) is 4.78. The van der Waals surface area contributed by atoms with Crippen LogP contribution in [0.25, 0.3) is 10.8 Å². The first-order valence-electron chi connectivity index (χ1n) is 9.54. The maximum absolute atomic E-state index is 13.0. The van der Waals surface area contributed by atoms with Gasteiger partial charge >= 0.3 is 0 Å². The van der Waals surface area contributed by atoms with Gasteiger partial charge in [-0.05, 0) is 30.5 Å². The number of carbonyl (C=O) groups excluding carboxylic acids is 1. The normalized spacial score (nSPS) is 16.9. The maximum Gasteiger partial charge on any atom is 0.297 e. The molecule has 3 aromatic rings. The molecule has 35 heavy (non-hydrogen) atoms. The Labute approximate surface area is 209 Å². The van der Waals surface area contributed by atoms with Crippen LogP contribution in [0.1, 0.15) is 6.92 Å². The lowest BCUT2D eigenvalue weighted by molar-refractivity contribution is -0.117. The van der Waals surface area contributed by atoms with E-state index in [0.29, 0.717) is 5.39 Å². The van der Waals surface area contributed by atoms with Crippen LogP contribution in [0.5, 0.6) is 0 Å². The maximum atomic E-state index is 13.0. The number of fused-ring (bicyclic) bond motifs is 1. The average molecular weight is 557 g/mol. The zero-order chi connectivity index (χ0) is 25.7. The Balaban J connectivity index is 1.72. The molecular weight excluding hydrogens is 543 g/mol. The smallest absolute Gasteiger partial charge is 0.282 e. The number of hydrogen-bond acceptors (Lipinski definition) is 8. The molecule has 182 valence electrons. The summed E-state index contributed by atoms with van der Waals surface area (Å²) in [6.07, 6.45) is 0. The van der Waals surface area contributed by atoms with Crippen molar-refractivity contribution in [3.8, 4) is 0 Å². The number of halogens is 2. The summed E-state index contributed by atoms with van der Waals surface area (Å²) in [6.45, 7) is 1.47. The summed E-state index contributed by atoms with van der Waals surface area (Å²) in [5, 5.41) is 12.9. The quantitative estimate of drug-likeness (QED) is 0.344. The van der Waals surface area contributed by atoms with Crippen molar-refractivity contribution in [1.82, 2.24) is 0 Å². The third-order valence-corrected chi connectivity index (χ3v) is 7.57. The van der Waals surface area contributed by atoms with Crippen LogP contribution in [0.2, 0.25) is 10.0 Å². The minimum absolute atomic E-state index is 0.0737. The third-order valence-electron chi connectivity index (χ3n) is 5.00. The number of rotatable bonds is 5. The van der Waals surface area contributed by atoms with Gasteiger partial charge in [0.1, 0.15) is 15.5 Å². The van der Waals surface area contributed by atoms with E-state index in [2.05, 4.69) is 15.3 Å². The van der Waals surface area contributed by atoms with Crippen molar-refractivity contribution < 1.29 is 30.7 Å². The van der Waals surface area contributed by atoms with E-state index in [0.717, 1.165) is 17.1 Å². The number of hydrogen-bond donors (Lipinski definition) is 2. The van der Waals surface area contributed by atoms with Gasteiger partial charge in [-0.1, -0.05) is 53.5 Å². The molecule has 4 rings (SSSR count). The molecule has 1 heterocycles. The van der Waals surface area contributed by atoms with Crippen molar-refractivity contribution in [3.63, 3.8) is 0 Å². The summed E-state index contributed by atoms with van der Waals surface area (Å²) in [5.74, 6) is -0.738. The number of nitrogens with zero attached hydrogens (tertiary/aromatic N) is 4. The highest BCUT2D eigenvalue weighted by Gasteiger charge is 2.36. The van der Waals surface area contributed by atoms with E-state index in [-0.39, 0.29) is 27.5 Å². The van der Waals surface area contributed by atoms with Gasteiger partial charge in [-0.2, -0.15) is 37.2 Å². The number of anilines is 1. The molecule has 0 radical (unpaired) electrons. The monoisotopic (exact) mass is 556 g/mol. The van der Waals surface area contributed by atoms with Gasteiger partial charge in [-0.25, -0.2) is 0 Å². The van der Waals surface area contributed by atoms with Crippen molar-refractivity contribution in [3.05, 3.63) is 58.6 Å². The lowest BCUT2D eigenvalue weighted by Gasteiger charge is -2.15. The molecule has 0 fully saturated rings. The Morgan fingerprint density at radius 2 is 1.66 bits per heavy atom. The first-order valence-corrected chi connectivity index (χ1v) is 13.2. The van der Waals surface area contributed by atoms with Gasteiger partial charge in [0.15, 0.2) is 6.04 Å². The van der Waals surface area contributed by atoms with E-state index in [1.54, 1.807) is 24.3 Å². The van der Waals surface area contributed by atoms with Gasteiger partial charge in [-0.15, -0.1) is 0 Å². The molecule has 15 heteroatoms. The lowest BCUT2D eigenvalue weighted by atomic mass is 10.1. The predicted molar refractivity (Wildman–Crippen MR) is 129 cm³/mol. The Bertz CT molecular complexity index is 1670. The molecule has 1 amide bonds. The number of azo groups is 1. The Morgan fingerprint density at radius 1 is 0.971 bits per heavy atom. The fraction of sp³-hybridized carbons (Fsp3) is 0.100. The highest BCUT2D eigenvalue weighted by atomic mass is 35.5. The van der Waals surface area contributed by atoms with Gasteiger partial charge in [0.2, 0.25) is 0 Å². The van der Waals surface area contributed by atoms with E-state index in [1.165, 1.54) is 19.1 Å². The molecule has 0 saturated carbocycles. The molecule has 0 saturated heterocycles. The van der Waals surface area contributed by atoms with Crippen LogP contribution in [-0.2, 0) is 25.0 Å². The zero-order valence-electron chi connectivity index (χ0n) is 17.5. The summed E-state index contributed by atoms with van der Waals surface area (Å²) in [5.41, 5.74) is -0.0988. The lowest BCUT2D eigenvalue weighted by Crippen LogP contribution is -2.30. The fourth-order valence-electron chi connectivity index (χ4n) is 3.44. The number of carbonyl (C=O) groups is 1. The second-order valence-corrected chi connectivity index (χ2v) is 10.9. The van der Waals surface area contributed by atoms with E-state index in [4.69, 9.17) is 23.2 Å². The topological polar surface area (TPSA) is 166 Å². The van der Waals surface area contributed by atoms with Crippen molar-refractivity contribution in [2.45, 2.75) is 22.8 Å². The summed E-state index contributed by atoms with van der Waals surface area (Å²) < 4.78 is 66.0. The summed E-state index contributed by atoms with van der Waals surface area (Å²) in [6, 6.07) is 10.0. The van der Waals surface area contributed by atoms with Crippen LogP contribution in [-0.4, -0.2) is 43.6 Å². The molecule has 1 aliphatic heterocycles. The van der Waals surface area contributed by atoms with Gasteiger partial charge in [0.25, 0.3) is 26.1 Å². The van der Waals surface area contributed by atoms with Gasteiger partial charge in [0.05, 0.1) is 21.4 Å². The minimum Gasteiger partial charge on any atom is -0.282 e. The fourth-order valence-corrected chi connectivity index (χ4v) is 5.61. The van der Waals surface area contributed by atoms with Gasteiger partial charge in [-0.3, -0.25) is 13.9 Å². The Morgan fingerprint density at radius 3 is 2.31 bits per heavy atom. The predicted octanol–water partition coefficient (Wildman–Crippen LogP) is 4.52. The number of benzene rings is 3. The Kier molecular flexibility index (Phi) is 6.42. The molecule has 0 bridgehead atoms. The SMILES string of the molecule is CC1=NN(c2cc(Cl)c(S(=O)(=O)O)cc2Cl)C(=O)[C@@H]1N=Nc1ccc2ccccc2c1S(=O)(=O)O. The van der Waals surface area contributed by atoms with Crippen LogP contribution in [0.3, 0.4) is 0 Å². The van der Waals surface area contributed by atoms with Crippen molar-refractivity contribution in [2.75, 3.05) is 5.01 Å². The molecule has 3 aromatic carbocycles. The molecule has 1 atom stereocenters.